The lowest BCUT2D eigenvalue weighted by molar-refractivity contribution is -0.138. The Morgan fingerprint density at radius 1 is 1.31 bits per heavy atom. The minimum absolute atomic E-state index is 0.0920. The quantitative estimate of drug-likeness (QED) is 0.873. The molecule has 2 aliphatic rings. The van der Waals surface area contributed by atoms with E-state index in [9.17, 15) is 9.90 Å². The maximum atomic E-state index is 12.8. The molecule has 1 aliphatic carbocycles. The molecule has 3 N–H and O–H groups in total. The molecule has 2 aromatic rings. The summed E-state index contributed by atoms with van der Waals surface area (Å²) in [5.74, 6) is 1.64. The molecular formula is C20H25N3O3. The van der Waals surface area contributed by atoms with Crippen molar-refractivity contribution in [1.82, 2.24) is 9.88 Å². The van der Waals surface area contributed by atoms with Gasteiger partial charge in [0, 0.05) is 31.3 Å². The van der Waals surface area contributed by atoms with E-state index < -0.39 is 6.10 Å². The number of hydrogen-bond donors (Lipinski definition) is 2. The molecule has 4 rings (SSSR count). The van der Waals surface area contributed by atoms with Crippen LogP contribution < -0.4 is 5.73 Å². The van der Waals surface area contributed by atoms with Gasteiger partial charge >= 0.3 is 0 Å². The van der Waals surface area contributed by atoms with Gasteiger partial charge in [0.15, 0.2) is 5.89 Å². The fourth-order valence-corrected chi connectivity index (χ4v) is 3.96. The lowest BCUT2D eigenvalue weighted by Gasteiger charge is -2.34. The van der Waals surface area contributed by atoms with E-state index in [1.54, 1.807) is 0 Å². The van der Waals surface area contributed by atoms with E-state index in [-0.39, 0.29) is 17.9 Å². The monoisotopic (exact) mass is 355 g/mol. The van der Waals surface area contributed by atoms with Crippen LogP contribution in [-0.4, -0.2) is 39.6 Å². The molecule has 1 amide bonds. The van der Waals surface area contributed by atoms with Crippen LogP contribution >= 0.6 is 0 Å². The van der Waals surface area contributed by atoms with Gasteiger partial charge in [-0.1, -0.05) is 30.3 Å². The van der Waals surface area contributed by atoms with Crippen LogP contribution in [0.25, 0.3) is 0 Å². The Bertz CT molecular complexity index is 774. The highest BCUT2D eigenvalue weighted by molar-refractivity contribution is 5.79. The van der Waals surface area contributed by atoms with Gasteiger partial charge in [-0.2, -0.15) is 0 Å². The molecule has 1 fully saturated rings. The van der Waals surface area contributed by atoms with Crippen LogP contribution in [0.1, 0.15) is 42.2 Å². The summed E-state index contributed by atoms with van der Waals surface area (Å²) in [6.07, 6.45) is 2.74. The molecule has 0 unspecified atom stereocenters. The maximum absolute atomic E-state index is 12.8. The third-order valence-electron chi connectivity index (χ3n) is 5.49. The number of benzene rings is 1. The molecule has 0 bridgehead atoms. The predicted molar refractivity (Wildman–Crippen MR) is 96.2 cm³/mol. The first-order valence-electron chi connectivity index (χ1n) is 9.34. The number of nitrogens with zero attached hydrogens (tertiary/aromatic N) is 2. The van der Waals surface area contributed by atoms with E-state index in [0.717, 1.165) is 17.0 Å². The molecule has 0 radical (unpaired) electrons. The number of aliphatic hydroxyl groups is 1. The number of nitrogens with two attached hydrogens (primary N) is 1. The van der Waals surface area contributed by atoms with E-state index in [0.29, 0.717) is 51.1 Å². The Morgan fingerprint density at radius 3 is 2.88 bits per heavy atom. The number of oxazole rings is 1. The third-order valence-corrected chi connectivity index (χ3v) is 5.49. The van der Waals surface area contributed by atoms with E-state index in [4.69, 9.17) is 10.2 Å². The lowest BCUT2D eigenvalue weighted by atomic mass is 9.83. The second-order valence-corrected chi connectivity index (χ2v) is 7.39. The summed E-state index contributed by atoms with van der Waals surface area (Å²) in [6, 6.07) is 9.81. The van der Waals surface area contributed by atoms with Crippen molar-refractivity contribution in [2.75, 3.05) is 6.54 Å². The number of aromatic nitrogens is 1. The molecule has 1 aliphatic heterocycles. The van der Waals surface area contributed by atoms with Crippen LogP contribution in [0.2, 0.25) is 0 Å². The molecular weight excluding hydrogens is 330 g/mol. The van der Waals surface area contributed by atoms with Gasteiger partial charge in [-0.3, -0.25) is 4.79 Å². The molecule has 138 valence electrons. The molecule has 0 saturated heterocycles. The second kappa shape index (κ2) is 7.21. The van der Waals surface area contributed by atoms with Crippen molar-refractivity contribution in [2.24, 2.45) is 11.7 Å². The average Bonchev–Trinajstić information content (AvgIpc) is 3.05. The zero-order valence-electron chi connectivity index (χ0n) is 14.8. The summed E-state index contributed by atoms with van der Waals surface area (Å²) >= 11 is 0. The molecule has 0 spiro atoms. The lowest BCUT2D eigenvalue weighted by Crippen LogP contribution is -2.47. The van der Waals surface area contributed by atoms with Gasteiger partial charge < -0.3 is 20.2 Å². The Balaban J connectivity index is 1.42. The van der Waals surface area contributed by atoms with E-state index in [1.165, 1.54) is 0 Å². The van der Waals surface area contributed by atoms with Crippen LogP contribution in [-0.2, 0) is 24.2 Å². The molecule has 1 saturated carbocycles. The highest BCUT2D eigenvalue weighted by Gasteiger charge is 2.35. The summed E-state index contributed by atoms with van der Waals surface area (Å²) in [5, 5.41) is 9.77. The normalized spacial score (nSPS) is 25.8. The van der Waals surface area contributed by atoms with Crippen molar-refractivity contribution in [1.29, 1.82) is 0 Å². The number of carbonyl (C=O) groups is 1. The number of aliphatic hydroxyl groups excluding tert-OH is 1. The van der Waals surface area contributed by atoms with Gasteiger partial charge in [0.05, 0.1) is 12.6 Å². The Morgan fingerprint density at radius 2 is 2.12 bits per heavy atom. The Kier molecular flexibility index (Phi) is 4.78. The number of carbonyl (C=O) groups excluding carboxylic acids is 1. The van der Waals surface area contributed by atoms with Gasteiger partial charge in [0.25, 0.3) is 0 Å². The van der Waals surface area contributed by atoms with Crippen LogP contribution in [0.3, 0.4) is 0 Å². The van der Waals surface area contributed by atoms with Crippen molar-refractivity contribution < 1.29 is 14.3 Å². The summed E-state index contributed by atoms with van der Waals surface area (Å²) in [5.41, 5.74) is 7.97. The van der Waals surface area contributed by atoms with Gasteiger partial charge in [-0.15, -0.1) is 0 Å². The van der Waals surface area contributed by atoms with Crippen LogP contribution in [0, 0.1) is 5.92 Å². The fourth-order valence-electron chi connectivity index (χ4n) is 3.96. The molecule has 6 nitrogen and oxygen atoms in total. The summed E-state index contributed by atoms with van der Waals surface area (Å²) in [4.78, 5) is 19.3. The van der Waals surface area contributed by atoms with Crippen molar-refractivity contribution in [3.63, 3.8) is 0 Å². The molecule has 26 heavy (non-hydrogen) atoms. The zero-order valence-corrected chi connectivity index (χ0v) is 14.8. The molecule has 6 heteroatoms. The van der Waals surface area contributed by atoms with E-state index in [2.05, 4.69) is 17.1 Å². The number of fused-ring (bicyclic) bond motifs is 1. The zero-order chi connectivity index (χ0) is 18.1. The highest BCUT2D eigenvalue weighted by Crippen LogP contribution is 2.28. The van der Waals surface area contributed by atoms with Crippen molar-refractivity contribution in [2.45, 2.75) is 50.8 Å². The van der Waals surface area contributed by atoms with Crippen molar-refractivity contribution in [3.05, 3.63) is 53.2 Å². The van der Waals surface area contributed by atoms with Crippen LogP contribution in [0.4, 0.5) is 0 Å². The van der Waals surface area contributed by atoms with E-state index >= 15 is 0 Å². The first kappa shape index (κ1) is 17.2. The smallest absolute Gasteiger partial charge is 0.226 e. The predicted octanol–water partition coefficient (Wildman–Crippen LogP) is 1.64. The standard InChI is InChI=1S/C20H25N3O3/c21-15-11-14(6-7-17(15)24)20(25)23-9-8-18-16(12-23)22-19(26-18)10-13-4-2-1-3-5-13/h1-5,14-15,17,24H,6-12,21H2/t14-,15+,17+/m0/s1. The number of hydrogen-bond acceptors (Lipinski definition) is 5. The SMILES string of the molecule is N[C@@H]1C[C@@H](C(=O)N2CCc3oc(Cc4ccccc4)nc3C2)CC[C@H]1O. The molecule has 2 heterocycles. The largest absolute Gasteiger partial charge is 0.445 e. The van der Waals surface area contributed by atoms with Crippen molar-refractivity contribution >= 4 is 5.91 Å². The van der Waals surface area contributed by atoms with Crippen LogP contribution in [0.15, 0.2) is 34.7 Å². The topological polar surface area (TPSA) is 92.6 Å². The number of rotatable bonds is 3. The first-order chi connectivity index (χ1) is 12.6. The maximum Gasteiger partial charge on any atom is 0.226 e. The Hall–Kier alpha value is -2.18. The van der Waals surface area contributed by atoms with Gasteiger partial charge in [-0.05, 0) is 24.8 Å². The minimum Gasteiger partial charge on any atom is -0.445 e. The summed E-state index contributed by atoms with van der Waals surface area (Å²) in [7, 11) is 0. The van der Waals surface area contributed by atoms with Gasteiger partial charge in [0.1, 0.15) is 11.5 Å². The first-order valence-corrected chi connectivity index (χ1v) is 9.34. The van der Waals surface area contributed by atoms with Crippen molar-refractivity contribution in [3.8, 4) is 0 Å². The number of amides is 1. The minimum atomic E-state index is -0.483. The highest BCUT2D eigenvalue weighted by atomic mass is 16.4. The molecule has 1 aromatic carbocycles. The summed E-state index contributed by atoms with van der Waals surface area (Å²) in [6.45, 7) is 1.15. The van der Waals surface area contributed by atoms with E-state index in [1.807, 2.05) is 23.1 Å². The summed E-state index contributed by atoms with van der Waals surface area (Å²) < 4.78 is 5.91. The third kappa shape index (κ3) is 3.52. The molecule has 1 aromatic heterocycles. The van der Waals surface area contributed by atoms with Gasteiger partial charge in [-0.25, -0.2) is 4.98 Å². The molecule has 3 atom stereocenters. The fraction of sp³-hybridized carbons (Fsp3) is 0.500. The van der Waals surface area contributed by atoms with Gasteiger partial charge in [0.2, 0.25) is 5.91 Å². The Labute approximate surface area is 153 Å². The van der Waals surface area contributed by atoms with Crippen LogP contribution in [0.5, 0.6) is 0 Å². The second-order valence-electron chi connectivity index (χ2n) is 7.39. The average molecular weight is 355 g/mol.